The molecule has 0 saturated carbocycles. The van der Waals surface area contributed by atoms with Crippen LogP contribution in [0.25, 0.3) is 0 Å². The highest BCUT2D eigenvalue weighted by atomic mass is 79.9. The predicted octanol–water partition coefficient (Wildman–Crippen LogP) is 2.19. The summed E-state index contributed by atoms with van der Waals surface area (Å²) >= 11 is 3.37. The van der Waals surface area contributed by atoms with E-state index in [1.54, 1.807) is 7.11 Å². The molecule has 0 spiro atoms. The summed E-state index contributed by atoms with van der Waals surface area (Å²) < 4.78 is 11.6. The lowest BCUT2D eigenvalue weighted by Gasteiger charge is -2.10. The second-order valence-electron chi connectivity index (χ2n) is 2.79. The molecule has 4 heteroatoms. The Balaban J connectivity index is 2.67. The molecule has 0 fully saturated rings. The normalized spacial score (nSPS) is 9.93. The smallest absolute Gasteiger partial charge is 0.162 e. The zero-order chi connectivity index (χ0) is 10.4. The van der Waals surface area contributed by atoms with Crippen LogP contribution in [0.1, 0.15) is 6.42 Å². The van der Waals surface area contributed by atoms with Gasteiger partial charge < -0.3 is 15.2 Å². The van der Waals surface area contributed by atoms with Crippen LogP contribution in [-0.2, 0) is 0 Å². The van der Waals surface area contributed by atoms with Gasteiger partial charge in [-0.15, -0.1) is 0 Å². The van der Waals surface area contributed by atoms with Crippen molar-refractivity contribution in [1.29, 1.82) is 0 Å². The maximum atomic E-state index is 5.51. The maximum Gasteiger partial charge on any atom is 0.162 e. The maximum absolute atomic E-state index is 5.51. The van der Waals surface area contributed by atoms with Crippen LogP contribution in [0, 0.1) is 0 Å². The summed E-state index contributed by atoms with van der Waals surface area (Å²) in [6.07, 6.45) is 0.843. The number of halogens is 1. The van der Waals surface area contributed by atoms with Crippen LogP contribution in [0.2, 0.25) is 0 Å². The van der Waals surface area contributed by atoms with Crippen LogP contribution >= 0.6 is 15.9 Å². The van der Waals surface area contributed by atoms with E-state index in [1.165, 1.54) is 0 Å². The average Bonchev–Trinajstić information content (AvgIpc) is 2.19. The number of rotatable bonds is 5. The van der Waals surface area contributed by atoms with Gasteiger partial charge in [-0.2, -0.15) is 0 Å². The summed E-state index contributed by atoms with van der Waals surface area (Å²) in [5.41, 5.74) is 5.37. The highest BCUT2D eigenvalue weighted by molar-refractivity contribution is 9.10. The Morgan fingerprint density at radius 1 is 1.36 bits per heavy atom. The fourth-order valence-electron chi connectivity index (χ4n) is 1.03. The molecule has 1 aromatic rings. The van der Waals surface area contributed by atoms with Crippen LogP contribution in [0.4, 0.5) is 0 Å². The molecule has 0 aromatic heterocycles. The summed E-state index contributed by atoms with van der Waals surface area (Å²) in [5.74, 6) is 1.49. The molecule has 14 heavy (non-hydrogen) atoms. The predicted molar refractivity (Wildman–Crippen MR) is 59.9 cm³/mol. The van der Waals surface area contributed by atoms with Crippen molar-refractivity contribution in [3.8, 4) is 11.5 Å². The Kier molecular flexibility index (Phi) is 4.76. The summed E-state index contributed by atoms with van der Waals surface area (Å²) in [7, 11) is 1.62. The van der Waals surface area contributed by atoms with Gasteiger partial charge in [0.25, 0.3) is 0 Å². The van der Waals surface area contributed by atoms with Crippen molar-refractivity contribution in [1.82, 2.24) is 0 Å². The van der Waals surface area contributed by atoms with Gasteiger partial charge in [-0.25, -0.2) is 0 Å². The van der Waals surface area contributed by atoms with E-state index in [0.29, 0.717) is 13.2 Å². The third-order valence-electron chi connectivity index (χ3n) is 1.73. The van der Waals surface area contributed by atoms with Crippen molar-refractivity contribution >= 4 is 15.9 Å². The van der Waals surface area contributed by atoms with Gasteiger partial charge in [0.05, 0.1) is 13.7 Å². The van der Waals surface area contributed by atoms with Gasteiger partial charge in [0.2, 0.25) is 0 Å². The Hall–Kier alpha value is -0.740. The van der Waals surface area contributed by atoms with E-state index in [2.05, 4.69) is 15.9 Å². The molecule has 1 rings (SSSR count). The van der Waals surface area contributed by atoms with Crippen LogP contribution < -0.4 is 15.2 Å². The van der Waals surface area contributed by atoms with Crippen LogP contribution in [-0.4, -0.2) is 20.3 Å². The van der Waals surface area contributed by atoms with E-state index in [-0.39, 0.29) is 0 Å². The minimum atomic E-state index is 0.614. The summed E-state index contributed by atoms with van der Waals surface area (Å²) in [6, 6.07) is 5.66. The van der Waals surface area contributed by atoms with E-state index in [4.69, 9.17) is 15.2 Å². The SMILES string of the molecule is COc1ccc(Br)cc1OCCCN. The number of nitrogens with two attached hydrogens (primary N) is 1. The van der Waals surface area contributed by atoms with Gasteiger partial charge in [-0.3, -0.25) is 0 Å². The van der Waals surface area contributed by atoms with Crippen molar-refractivity contribution in [2.45, 2.75) is 6.42 Å². The lowest BCUT2D eigenvalue weighted by Crippen LogP contribution is -2.06. The Morgan fingerprint density at radius 3 is 2.79 bits per heavy atom. The first-order chi connectivity index (χ1) is 6.77. The highest BCUT2D eigenvalue weighted by Gasteiger charge is 2.03. The zero-order valence-corrected chi connectivity index (χ0v) is 9.71. The standard InChI is InChI=1S/C10H14BrNO2/c1-13-9-4-3-8(11)7-10(9)14-6-2-5-12/h3-4,7H,2,5-6,12H2,1H3. The second kappa shape index (κ2) is 5.88. The van der Waals surface area contributed by atoms with Gasteiger partial charge in [-0.1, -0.05) is 15.9 Å². The Morgan fingerprint density at radius 2 is 2.14 bits per heavy atom. The fraction of sp³-hybridized carbons (Fsp3) is 0.400. The minimum Gasteiger partial charge on any atom is -0.493 e. The highest BCUT2D eigenvalue weighted by Crippen LogP contribution is 2.30. The second-order valence-corrected chi connectivity index (χ2v) is 3.70. The third-order valence-corrected chi connectivity index (χ3v) is 2.22. The molecular weight excluding hydrogens is 246 g/mol. The first-order valence-electron chi connectivity index (χ1n) is 4.44. The summed E-state index contributed by atoms with van der Waals surface area (Å²) in [6.45, 7) is 1.25. The molecule has 0 aliphatic carbocycles. The first-order valence-corrected chi connectivity index (χ1v) is 5.23. The van der Waals surface area contributed by atoms with Crippen molar-refractivity contribution in [3.63, 3.8) is 0 Å². The van der Waals surface area contributed by atoms with Gasteiger partial charge in [-0.05, 0) is 31.2 Å². The van der Waals surface area contributed by atoms with Crippen LogP contribution in [0.5, 0.6) is 11.5 Å². The van der Waals surface area contributed by atoms with Gasteiger partial charge >= 0.3 is 0 Å². The molecule has 2 N–H and O–H groups in total. The largest absolute Gasteiger partial charge is 0.493 e. The monoisotopic (exact) mass is 259 g/mol. The minimum absolute atomic E-state index is 0.614. The van der Waals surface area contributed by atoms with Gasteiger partial charge in [0.1, 0.15) is 0 Å². The van der Waals surface area contributed by atoms with Crippen molar-refractivity contribution < 1.29 is 9.47 Å². The Bertz CT molecular complexity index is 291. The molecule has 0 amide bonds. The molecule has 3 nitrogen and oxygen atoms in total. The van der Waals surface area contributed by atoms with E-state index >= 15 is 0 Å². The molecule has 1 aromatic carbocycles. The number of benzene rings is 1. The molecule has 0 aliphatic heterocycles. The van der Waals surface area contributed by atoms with Crippen molar-refractivity contribution in [2.75, 3.05) is 20.3 Å². The lowest BCUT2D eigenvalue weighted by molar-refractivity contribution is 0.291. The summed E-state index contributed by atoms with van der Waals surface area (Å²) in [5, 5.41) is 0. The van der Waals surface area contributed by atoms with Crippen molar-refractivity contribution in [2.24, 2.45) is 5.73 Å². The molecule has 0 bridgehead atoms. The average molecular weight is 260 g/mol. The molecule has 0 unspecified atom stereocenters. The lowest BCUT2D eigenvalue weighted by atomic mass is 10.3. The van der Waals surface area contributed by atoms with E-state index in [9.17, 15) is 0 Å². The van der Waals surface area contributed by atoms with Crippen LogP contribution in [0.15, 0.2) is 22.7 Å². The van der Waals surface area contributed by atoms with E-state index < -0.39 is 0 Å². The molecule has 0 atom stereocenters. The van der Waals surface area contributed by atoms with Crippen LogP contribution in [0.3, 0.4) is 0 Å². The molecule has 0 aliphatic rings. The Labute approximate surface area is 92.3 Å². The quantitative estimate of drug-likeness (QED) is 0.825. The molecular formula is C10H14BrNO2. The van der Waals surface area contributed by atoms with E-state index in [1.807, 2.05) is 18.2 Å². The third kappa shape index (κ3) is 3.20. The molecule has 0 saturated heterocycles. The molecule has 0 radical (unpaired) electrons. The van der Waals surface area contributed by atoms with Gasteiger partial charge in [0.15, 0.2) is 11.5 Å². The van der Waals surface area contributed by atoms with E-state index in [0.717, 1.165) is 22.4 Å². The first kappa shape index (κ1) is 11.3. The number of hydrogen-bond acceptors (Lipinski definition) is 3. The topological polar surface area (TPSA) is 44.5 Å². The molecule has 0 heterocycles. The van der Waals surface area contributed by atoms with Crippen molar-refractivity contribution in [3.05, 3.63) is 22.7 Å². The zero-order valence-electron chi connectivity index (χ0n) is 8.13. The number of ether oxygens (including phenoxy) is 2. The number of hydrogen-bond donors (Lipinski definition) is 1. The number of methoxy groups -OCH3 is 1. The van der Waals surface area contributed by atoms with Gasteiger partial charge in [0, 0.05) is 4.47 Å². The fourth-order valence-corrected chi connectivity index (χ4v) is 1.37. The molecule has 78 valence electrons. The summed E-state index contributed by atoms with van der Waals surface area (Å²) in [4.78, 5) is 0.